The molecule has 0 unspecified atom stereocenters. The Bertz CT molecular complexity index is 1050. The number of nitrogens with zero attached hydrogens (tertiary/aromatic N) is 1. The van der Waals surface area contributed by atoms with Gasteiger partial charge in [-0.3, -0.25) is 4.79 Å². The van der Waals surface area contributed by atoms with Crippen molar-refractivity contribution in [3.05, 3.63) is 53.8 Å². The van der Waals surface area contributed by atoms with E-state index in [-0.39, 0.29) is 36.3 Å². The minimum atomic E-state index is -3.71. The second-order valence-electron chi connectivity index (χ2n) is 7.58. The predicted molar refractivity (Wildman–Crippen MR) is 110 cm³/mol. The summed E-state index contributed by atoms with van der Waals surface area (Å²) in [5.74, 6) is -0.201. The summed E-state index contributed by atoms with van der Waals surface area (Å²) in [6.07, 6.45) is 1.47. The number of carbonyl (C=O) groups is 1. The van der Waals surface area contributed by atoms with Gasteiger partial charge < -0.3 is 14.2 Å². The number of rotatable bonds is 5. The Morgan fingerprint density at radius 2 is 1.81 bits per heavy atom. The van der Waals surface area contributed by atoms with Crippen molar-refractivity contribution in [3.8, 4) is 11.5 Å². The standard InChI is InChI=1S/C22H24FNO6S/c23-18-4-1-3-16(13-18)15-30-22(25)17-7-9-24(10-8-17)31(26,27)19-5-6-20-21(14-19)29-12-2-11-28-20/h1,3-6,13-14,17H,2,7-12,15H2. The molecule has 0 radical (unpaired) electrons. The van der Waals surface area contributed by atoms with Crippen LogP contribution in [0, 0.1) is 11.7 Å². The molecule has 1 fully saturated rings. The Labute approximate surface area is 180 Å². The van der Waals surface area contributed by atoms with Gasteiger partial charge in [0.05, 0.1) is 24.0 Å². The number of hydrogen-bond donors (Lipinski definition) is 0. The van der Waals surface area contributed by atoms with Gasteiger partial charge in [0.1, 0.15) is 12.4 Å². The first-order chi connectivity index (χ1) is 14.9. The van der Waals surface area contributed by atoms with Crippen molar-refractivity contribution in [2.75, 3.05) is 26.3 Å². The molecule has 31 heavy (non-hydrogen) atoms. The molecule has 4 rings (SSSR count). The summed E-state index contributed by atoms with van der Waals surface area (Å²) in [7, 11) is -3.71. The topological polar surface area (TPSA) is 82.1 Å². The minimum absolute atomic E-state index is 0.00764. The Hall–Kier alpha value is -2.65. The molecule has 2 aliphatic rings. The zero-order valence-corrected chi connectivity index (χ0v) is 17.8. The lowest BCUT2D eigenvalue weighted by Gasteiger charge is -2.30. The van der Waals surface area contributed by atoms with Crippen molar-refractivity contribution in [2.24, 2.45) is 5.92 Å². The number of ether oxygens (including phenoxy) is 3. The number of fused-ring (bicyclic) bond motifs is 1. The van der Waals surface area contributed by atoms with Crippen LogP contribution in [0.25, 0.3) is 0 Å². The van der Waals surface area contributed by atoms with Crippen molar-refractivity contribution in [1.82, 2.24) is 4.31 Å². The molecule has 0 amide bonds. The van der Waals surface area contributed by atoms with E-state index in [4.69, 9.17) is 14.2 Å². The van der Waals surface area contributed by atoms with E-state index in [2.05, 4.69) is 0 Å². The van der Waals surface area contributed by atoms with Gasteiger partial charge >= 0.3 is 5.97 Å². The van der Waals surface area contributed by atoms with Crippen molar-refractivity contribution >= 4 is 16.0 Å². The van der Waals surface area contributed by atoms with Crippen LogP contribution < -0.4 is 9.47 Å². The number of halogens is 1. The van der Waals surface area contributed by atoms with Gasteiger partial charge in [-0.05, 0) is 42.7 Å². The highest BCUT2D eigenvalue weighted by Gasteiger charge is 2.33. The van der Waals surface area contributed by atoms with Gasteiger partial charge in [-0.1, -0.05) is 12.1 Å². The van der Waals surface area contributed by atoms with Crippen LogP contribution >= 0.6 is 0 Å². The van der Waals surface area contributed by atoms with Crippen molar-refractivity contribution in [3.63, 3.8) is 0 Å². The molecule has 2 aliphatic heterocycles. The van der Waals surface area contributed by atoms with Crippen molar-refractivity contribution in [1.29, 1.82) is 0 Å². The number of carbonyl (C=O) groups excluding carboxylic acids is 1. The smallest absolute Gasteiger partial charge is 0.309 e. The average Bonchev–Trinajstić information content (AvgIpc) is 3.02. The Morgan fingerprint density at radius 3 is 2.55 bits per heavy atom. The predicted octanol–water partition coefficient (Wildman–Crippen LogP) is 3.13. The maximum atomic E-state index is 13.2. The fourth-order valence-electron chi connectivity index (χ4n) is 3.68. The summed E-state index contributed by atoms with van der Waals surface area (Å²) in [6.45, 7) is 1.43. The number of esters is 1. The molecular formula is C22H24FNO6S. The van der Waals surface area contributed by atoms with Crippen LogP contribution in [0.4, 0.5) is 4.39 Å². The van der Waals surface area contributed by atoms with Crippen molar-refractivity contribution in [2.45, 2.75) is 30.8 Å². The fraction of sp³-hybridized carbons (Fsp3) is 0.409. The molecule has 0 bridgehead atoms. The molecule has 2 aromatic rings. The molecule has 0 aliphatic carbocycles. The molecule has 0 atom stereocenters. The van der Waals surface area contributed by atoms with E-state index in [0.717, 1.165) is 6.42 Å². The Morgan fingerprint density at radius 1 is 1.06 bits per heavy atom. The fourth-order valence-corrected chi connectivity index (χ4v) is 5.17. The summed E-state index contributed by atoms with van der Waals surface area (Å²) < 4.78 is 57.2. The third-order valence-corrected chi connectivity index (χ3v) is 7.31. The summed E-state index contributed by atoms with van der Waals surface area (Å²) in [6, 6.07) is 10.5. The summed E-state index contributed by atoms with van der Waals surface area (Å²) in [5, 5.41) is 0. The average molecular weight is 450 g/mol. The summed E-state index contributed by atoms with van der Waals surface area (Å²) >= 11 is 0. The van der Waals surface area contributed by atoms with E-state index in [1.54, 1.807) is 18.2 Å². The molecule has 0 aromatic heterocycles. The zero-order valence-electron chi connectivity index (χ0n) is 17.0. The Balaban J connectivity index is 1.35. The van der Waals surface area contributed by atoms with Gasteiger partial charge in [0, 0.05) is 25.6 Å². The lowest BCUT2D eigenvalue weighted by atomic mass is 9.98. The third kappa shape index (κ3) is 4.99. The van der Waals surface area contributed by atoms with E-state index in [9.17, 15) is 17.6 Å². The summed E-state index contributed by atoms with van der Waals surface area (Å²) in [4.78, 5) is 12.5. The highest BCUT2D eigenvalue weighted by molar-refractivity contribution is 7.89. The van der Waals surface area contributed by atoms with Gasteiger partial charge in [0.15, 0.2) is 11.5 Å². The van der Waals surface area contributed by atoms with Crippen LogP contribution in [0.3, 0.4) is 0 Å². The zero-order chi connectivity index (χ0) is 21.8. The second-order valence-corrected chi connectivity index (χ2v) is 9.51. The van der Waals surface area contributed by atoms with Gasteiger partial charge in [-0.25, -0.2) is 12.8 Å². The van der Waals surface area contributed by atoms with Crippen LogP contribution in [0.15, 0.2) is 47.4 Å². The lowest BCUT2D eigenvalue weighted by molar-refractivity contribution is -0.151. The van der Waals surface area contributed by atoms with Gasteiger partial charge in [0.2, 0.25) is 10.0 Å². The SMILES string of the molecule is O=C(OCc1cccc(F)c1)C1CCN(S(=O)(=O)c2ccc3c(c2)OCCCO3)CC1. The van der Waals surface area contributed by atoms with E-state index in [1.807, 2.05) is 0 Å². The normalized spacial score (nSPS) is 17.7. The molecule has 2 heterocycles. The number of sulfonamides is 1. The molecule has 7 nitrogen and oxygen atoms in total. The molecular weight excluding hydrogens is 425 g/mol. The molecule has 0 saturated carbocycles. The van der Waals surface area contributed by atoms with Crippen LogP contribution in [0.5, 0.6) is 11.5 Å². The monoisotopic (exact) mass is 449 g/mol. The highest BCUT2D eigenvalue weighted by atomic mass is 32.2. The molecule has 9 heteroatoms. The molecule has 166 valence electrons. The van der Waals surface area contributed by atoms with Crippen LogP contribution in [-0.4, -0.2) is 45.0 Å². The number of piperidine rings is 1. The van der Waals surface area contributed by atoms with E-state index < -0.39 is 16.0 Å². The van der Waals surface area contributed by atoms with Crippen LogP contribution in [0.2, 0.25) is 0 Å². The number of benzene rings is 2. The van der Waals surface area contributed by atoms with Crippen LogP contribution in [-0.2, 0) is 26.2 Å². The first-order valence-electron chi connectivity index (χ1n) is 10.2. The largest absolute Gasteiger partial charge is 0.490 e. The highest BCUT2D eigenvalue weighted by Crippen LogP contribution is 2.34. The van der Waals surface area contributed by atoms with E-state index in [0.29, 0.717) is 43.1 Å². The summed E-state index contributed by atoms with van der Waals surface area (Å²) in [5.41, 5.74) is 0.572. The van der Waals surface area contributed by atoms with Crippen LogP contribution in [0.1, 0.15) is 24.8 Å². The van der Waals surface area contributed by atoms with Gasteiger partial charge in [-0.2, -0.15) is 4.31 Å². The first-order valence-corrected chi connectivity index (χ1v) is 11.7. The quantitative estimate of drug-likeness (QED) is 0.653. The maximum absolute atomic E-state index is 13.2. The van der Waals surface area contributed by atoms with E-state index >= 15 is 0 Å². The molecule has 1 saturated heterocycles. The molecule has 2 aromatic carbocycles. The lowest BCUT2D eigenvalue weighted by Crippen LogP contribution is -2.40. The second kappa shape index (κ2) is 9.23. The van der Waals surface area contributed by atoms with E-state index in [1.165, 1.54) is 28.6 Å². The maximum Gasteiger partial charge on any atom is 0.309 e. The number of hydrogen-bond acceptors (Lipinski definition) is 6. The first kappa shape index (κ1) is 21.6. The molecule has 0 spiro atoms. The van der Waals surface area contributed by atoms with Gasteiger partial charge in [0.25, 0.3) is 0 Å². The van der Waals surface area contributed by atoms with Gasteiger partial charge in [-0.15, -0.1) is 0 Å². The third-order valence-electron chi connectivity index (χ3n) is 5.41. The van der Waals surface area contributed by atoms with Crippen molar-refractivity contribution < 1.29 is 31.8 Å². The Kier molecular flexibility index (Phi) is 6.43. The minimum Gasteiger partial charge on any atom is -0.490 e. The molecule has 0 N–H and O–H groups in total.